The average Bonchev–Trinajstić information content (AvgIpc) is 3.15. The highest BCUT2D eigenvalue weighted by atomic mass is 32.1. The lowest BCUT2D eigenvalue weighted by molar-refractivity contribution is 0.0656. The van der Waals surface area contributed by atoms with Crippen LogP contribution >= 0.6 is 11.3 Å². The second kappa shape index (κ2) is 6.22. The minimum Gasteiger partial charge on any atom is -0.459 e. The zero-order valence-corrected chi connectivity index (χ0v) is 13.7. The van der Waals surface area contributed by atoms with Crippen LogP contribution in [0.15, 0.2) is 21.9 Å². The normalized spacial score (nSPS) is 20.1. The number of furan rings is 1. The van der Waals surface area contributed by atoms with E-state index in [4.69, 9.17) is 10.2 Å². The first-order chi connectivity index (χ1) is 10.5. The van der Waals surface area contributed by atoms with Gasteiger partial charge in [-0.05, 0) is 44.7 Å². The number of thiazole rings is 1. The highest BCUT2D eigenvalue weighted by Crippen LogP contribution is 2.27. The fourth-order valence-corrected chi connectivity index (χ4v) is 3.57. The SMILES string of the molecule is Cc1ccc(-c2nc(C(=O)N3CCCC(C(C)N)C3)cs2)o1. The minimum atomic E-state index is -0.00359. The zero-order valence-electron chi connectivity index (χ0n) is 12.9. The van der Waals surface area contributed by atoms with Crippen molar-refractivity contribution >= 4 is 17.2 Å². The van der Waals surface area contributed by atoms with Gasteiger partial charge in [-0.1, -0.05) is 0 Å². The van der Waals surface area contributed by atoms with Crippen molar-refractivity contribution in [1.82, 2.24) is 9.88 Å². The minimum absolute atomic E-state index is 0.00359. The average molecular weight is 319 g/mol. The molecule has 1 aliphatic heterocycles. The number of amides is 1. The molecule has 0 saturated carbocycles. The summed E-state index contributed by atoms with van der Waals surface area (Å²) in [7, 11) is 0. The number of likely N-dealkylation sites (tertiary alicyclic amines) is 1. The Morgan fingerprint density at radius 2 is 2.36 bits per heavy atom. The first-order valence-electron chi connectivity index (χ1n) is 7.62. The van der Waals surface area contributed by atoms with Gasteiger partial charge < -0.3 is 15.1 Å². The Labute approximate surface area is 134 Å². The van der Waals surface area contributed by atoms with Gasteiger partial charge in [0.1, 0.15) is 11.5 Å². The van der Waals surface area contributed by atoms with Gasteiger partial charge in [0.05, 0.1) is 0 Å². The molecule has 0 aromatic carbocycles. The van der Waals surface area contributed by atoms with Crippen molar-refractivity contribution in [1.29, 1.82) is 0 Å². The summed E-state index contributed by atoms with van der Waals surface area (Å²) in [4.78, 5) is 18.9. The van der Waals surface area contributed by atoms with Crippen molar-refractivity contribution in [3.05, 3.63) is 29.0 Å². The lowest BCUT2D eigenvalue weighted by Crippen LogP contribution is -2.45. The van der Waals surface area contributed by atoms with E-state index in [2.05, 4.69) is 4.98 Å². The molecule has 2 N–H and O–H groups in total. The van der Waals surface area contributed by atoms with Gasteiger partial charge >= 0.3 is 0 Å². The number of carbonyl (C=O) groups excluding carboxylic acids is 1. The van der Waals surface area contributed by atoms with Crippen molar-refractivity contribution in [2.75, 3.05) is 13.1 Å². The predicted octanol–water partition coefficient (Wildman–Crippen LogP) is 2.91. The van der Waals surface area contributed by atoms with Gasteiger partial charge in [0.15, 0.2) is 10.8 Å². The maximum Gasteiger partial charge on any atom is 0.273 e. The summed E-state index contributed by atoms with van der Waals surface area (Å²) in [5.74, 6) is 1.93. The smallest absolute Gasteiger partial charge is 0.273 e. The van der Waals surface area contributed by atoms with E-state index in [9.17, 15) is 4.79 Å². The van der Waals surface area contributed by atoms with Crippen LogP contribution in [0.3, 0.4) is 0 Å². The maximum atomic E-state index is 12.6. The molecule has 3 heterocycles. The molecule has 2 unspecified atom stereocenters. The number of aromatic nitrogens is 1. The quantitative estimate of drug-likeness (QED) is 0.944. The van der Waals surface area contributed by atoms with Gasteiger partial charge in [0.25, 0.3) is 5.91 Å². The molecule has 2 aromatic heterocycles. The highest BCUT2D eigenvalue weighted by molar-refractivity contribution is 7.13. The first-order valence-corrected chi connectivity index (χ1v) is 8.49. The molecule has 2 aromatic rings. The summed E-state index contributed by atoms with van der Waals surface area (Å²) < 4.78 is 5.56. The molecule has 1 amide bonds. The van der Waals surface area contributed by atoms with Crippen LogP contribution in [0.4, 0.5) is 0 Å². The largest absolute Gasteiger partial charge is 0.459 e. The molecular formula is C16H21N3O2S. The molecule has 118 valence electrons. The van der Waals surface area contributed by atoms with Crippen molar-refractivity contribution in [2.24, 2.45) is 11.7 Å². The van der Waals surface area contributed by atoms with Gasteiger partial charge in [-0.25, -0.2) is 4.98 Å². The van der Waals surface area contributed by atoms with E-state index in [0.717, 1.165) is 36.7 Å². The lowest BCUT2D eigenvalue weighted by atomic mass is 9.92. The Bertz CT molecular complexity index is 662. The predicted molar refractivity (Wildman–Crippen MR) is 86.8 cm³/mol. The Morgan fingerprint density at radius 1 is 1.55 bits per heavy atom. The van der Waals surface area contributed by atoms with Crippen LogP contribution < -0.4 is 5.73 Å². The van der Waals surface area contributed by atoms with Crippen LogP contribution in [0.25, 0.3) is 10.8 Å². The highest BCUT2D eigenvalue weighted by Gasteiger charge is 2.27. The summed E-state index contributed by atoms with van der Waals surface area (Å²) in [6.07, 6.45) is 2.10. The van der Waals surface area contributed by atoms with E-state index in [1.807, 2.05) is 36.3 Å². The van der Waals surface area contributed by atoms with Gasteiger partial charge in [0.2, 0.25) is 0 Å². The molecule has 5 nitrogen and oxygen atoms in total. The monoisotopic (exact) mass is 319 g/mol. The Morgan fingerprint density at radius 3 is 3.05 bits per heavy atom. The van der Waals surface area contributed by atoms with Crippen LogP contribution in [0.5, 0.6) is 0 Å². The van der Waals surface area contributed by atoms with Gasteiger partial charge in [0, 0.05) is 24.5 Å². The molecule has 0 radical (unpaired) electrons. The number of rotatable bonds is 3. The second-order valence-electron chi connectivity index (χ2n) is 5.96. The van der Waals surface area contributed by atoms with Crippen molar-refractivity contribution in [2.45, 2.75) is 32.7 Å². The number of hydrogen-bond donors (Lipinski definition) is 1. The van der Waals surface area contributed by atoms with Crippen LogP contribution in [0.1, 0.15) is 36.0 Å². The lowest BCUT2D eigenvalue weighted by Gasteiger charge is -2.34. The zero-order chi connectivity index (χ0) is 15.7. The van der Waals surface area contributed by atoms with Gasteiger partial charge in [-0.15, -0.1) is 11.3 Å². The summed E-state index contributed by atoms with van der Waals surface area (Å²) in [5.41, 5.74) is 6.49. The second-order valence-corrected chi connectivity index (χ2v) is 6.82. The van der Waals surface area contributed by atoms with E-state index in [1.54, 1.807) is 0 Å². The third-order valence-corrected chi connectivity index (χ3v) is 5.02. The van der Waals surface area contributed by atoms with Crippen molar-refractivity contribution in [3.63, 3.8) is 0 Å². The molecule has 2 atom stereocenters. The molecule has 3 rings (SSSR count). The number of nitrogens with two attached hydrogens (primary N) is 1. The van der Waals surface area contributed by atoms with Gasteiger partial charge in [-0.2, -0.15) is 0 Å². The van der Waals surface area contributed by atoms with Gasteiger partial charge in [-0.3, -0.25) is 4.79 Å². The first kappa shape index (κ1) is 15.2. The van der Waals surface area contributed by atoms with Crippen LogP contribution in [0.2, 0.25) is 0 Å². The Kier molecular flexibility index (Phi) is 4.31. The molecule has 0 bridgehead atoms. The molecule has 22 heavy (non-hydrogen) atoms. The molecule has 0 aliphatic carbocycles. The molecule has 1 fully saturated rings. The maximum absolute atomic E-state index is 12.6. The van der Waals surface area contributed by atoms with Crippen LogP contribution in [-0.2, 0) is 0 Å². The number of aryl methyl sites for hydroxylation is 1. The number of nitrogens with zero attached hydrogens (tertiary/aromatic N) is 2. The van der Waals surface area contributed by atoms with E-state index >= 15 is 0 Å². The molecular weight excluding hydrogens is 298 g/mol. The number of hydrogen-bond acceptors (Lipinski definition) is 5. The topological polar surface area (TPSA) is 72.4 Å². The summed E-state index contributed by atoms with van der Waals surface area (Å²) in [5, 5.41) is 2.56. The third kappa shape index (κ3) is 3.08. The number of piperidine rings is 1. The van der Waals surface area contributed by atoms with E-state index in [1.165, 1.54) is 11.3 Å². The standard InChI is InChI=1S/C16H21N3O2S/c1-10-5-6-14(21-10)15-18-13(9-22-15)16(20)19-7-3-4-12(8-19)11(2)17/h5-6,9,11-12H,3-4,7-8,17H2,1-2H3. The van der Waals surface area contributed by atoms with E-state index in [-0.39, 0.29) is 11.9 Å². The Balaban J connectivity index is 1.74. The summed E-state index contributed by atoms with van der Waals surface area (Å²) in [6.45, 7) is 5.42. The fraction of sp³-hybridized carbons (Fsp3) is 0.500. The molecule has 1 saturated heterocycles. The molecule has 0 spiro atoms. The third-order valence-electron chi connectivity index (χ3n) is 4.16. The van der Waals surface area contributed by atoms with Crippen LogP contribution in [-0.4, -0.2) is 34.9 Å². The van der Waals surface area contributed by atoms with E-state index in [0.29, 0.717) is 17.4 Å². The van der Waals surface area contributed by atoms with Crippen molar-refractivity contribution < 1.29 is 9.21 Å². The van der Waals surface area contributed by atoms with Crippen molar-refractivity contribution in [3.8, 4) is 10.8 Å². The van der Waals surface area contributed by atoms with E-state index < -0.39 is 0 Å². The fourth-order valence-electron chi connectivity index (χ4n) is 2.82. The van der Waals surface area contributed by atoms with Crippen LogP contribution in [0, 0.1) is 12.8 Å². The summed E-state index contributed by atoms with van der Waals surface area (Å²) in [6, 6.07) is 3.90. The Hall–Kier alpha value is -1.66. The molecule has 6 heteroatoms. The molecule has 1 aliphatic rings. The summed E-state index contributed by atoms with van der Waals surface area (Å²) >= 11 is 1.44. The number of carbonyl (C=O) groups is 1.